The molecule has 1 heterocycles. The predicted molar refractivity (Wildman–Crippen MR) is 143 cm³/mol. The van der Waals surface area contributed by atoms with E-state index in [0.29, 0.717) is 33.7 Å². The van der Waals surface area contributed by atoms with E-state index < -0.39 is 41.3 Å². The average Bonchev–Trinajstić information content (AvgIpc) is 3.19. The Hall–Kier alpha value is -4.78. The molecule has 212 valence electrons. The molecule has 13 heteroatoms. The standard InChI is InChI=1S/C28H21F3N2O7S/c1-39-22-11-17(7-10-21(22)40-15-16-5-8-18(9-6-16)26(36)37)12-23-25(35)33(27(38)41-23)14-24(34)32-20-4-2-3-19(13-20)28(29,30)31/h2-13H,14-15H2,1H3,(H,32,34)(H,36,37)/b23-12-. The van der Waals surface area contributed by atoms with Gasteiger partial charge in [-0.15, -0.1) is 0 Å². The lowest BCUT2D eigenvalue weighted by Crippen LogP contribution is -2.36. The van der Waals surface area contributed by atoms with Crippen molar-refractivity contribution in [1.82, 2.24) is 4.90 Å². The Morgan fingerprint density at radius 2 is 1.76 bits per heavy atom. The number of ether oxygens (including phenoxy) is 2. The number of hydrogen-bond donors (Lipinski definition) is 2. The maximum Gasteiger partial charge on any atom is 0.416 e. The van der Waals surface area contributed by atoms with E-state index in [2.05, 4.69) is 5.32 Å². The quantitative estimate of drug-likeness (QED) is 0.308. The molecule has 1 aliphatic rings. The van der Waals surface area contributed by atoms with Crippen molar-refractivity contribution in [3.63, 3.8) is 0 Å². The van der Waals surface area contributed by atoms with Crippen LogP contribution in [0.3, 0.4) is 0 Å². The second kappa shape index (κ2) is 12.2. The number of halogens is 3. The topological polar surface area (TPSA) is 122 Å². The molecule has 1 fully saturated rings. The average molecular weight is 587 g/mol. The van der Waals surface area contributed by atoms with Gasteiger partial charge < -0.3 is 19.9 Å². The summed E-state index contributed by atoms with van der Waals surface area (Å²) in [5, 5.41) is 10.6. The normalized spacial score (nSPS) is 14.3. The number of carboxylic acid groups (broad SMARTS) is 1. The Morgan fingerprint density at radius 1 is 1.02 bits per heavy atom. The molecule has 3 aromatic rings. The zero-order valence-electron chi connectivity index (χ0n) is 21.2. The molecule has 0 saturated carbocycles. The summed E-state index contributed by atoms with van der Waals surface area (Å²) in [6.07, 6.45) is -3.16. The highest BCUT2D eigenvalue weighted by molar-refractivity contribution is 8.18. The van der Waals surface area contributed by atoms with Crippen molar-refractivity contribution < 1.29 is 46.9 Å². The second-order valence-corrected chi connectivity index (χ2v) is 9.59. The molecular formula is C28H21F3N2O7S. The van der Waals surface area contributed by atoms with Gasteiger partial charge in [0.25, 0.3) is 11.1 Å². The van der Waals surface area contributed by atoms with Gasteiger partial charge in [-0.05, 0) is 71.4 Å². The molecule has 1 aliphatic heterocycles. The number of anilines is 1. The van der Waals surface area contributed by atoms with E-state index in [1.165, 1.54) is 31.4 Å². The molecule has 4 rings (SSSR count). The van der Waals surface area contributed by atoms with E-state index in [0.717, 1.165) is 23.8 Å². The minimum absolute atomic E-state index is 0.0381. The number of amides is 3. The fraction of sp³-hybridized carbons (Fsp3) is 0.143. The zero-order chi connectivity index (χ0) is 29.7. The minimum atomic E-state index is -4.60. The molecule has 3 amide bonds. The Kier molecular flexibility index (Phi) is 8.67. The van der Waals surface area contributed by atoms with Crippen LogP contribution in [0.2, 0.25) is 0 Å². The maximum atomic E-state index is 12.9. The molecule has 0 radical (unpaired) electrons. The fourth-order valence-electron chi connectivity index (χ4n) is 3.70. The van der Waals surface area contributed by atoms with E-state index in [4.69, 9.17) is 14.6 Å². The van der Waals surface area contributed by atoms with Gasteiger partial charge in [0.2, 0.25) is 5.91 Å². The summed E-state index contributed by atoms with van der Waals surface area (Å²) in [7, 11) is 1.42. The highest BCUT2D eigenvalue weighted by atomic mass is 32.2. The van der Waals surface area contributed by atoms with Crippen LogP contribution in [0.25, 0.3) is 6.08 Å². The van der Waals surface area contributed by atoms with Crippen molar-refractivity contribution in [3.05, 3.63) is 93.9 Å². The van der Waals surface area contributed by atoms with Crippen molar-refractivity contribution in [2.45, 2.75) is 12.8 Å². The minimum Gasteiger partial charge on any atom is -0.493 e. The number of alkyl halides is 3. The molecule has 0 aromatic heterocycles. The number of thioether (sulfide) groups is 1. The van der Waals surface area contributed by atoms with Crippen LogP contribution >= 0.6 is 11.8 Å². The highest BCUT2D eigenvalue weighted by Crippen LogP contribution is 2.35. The monoisotopic (exact) mass is 586 g/mol. The SMILES string of the molecule is COc1cc(/C=C2\SC(=O)N(CC(=O)Nc3cccc(C(F)(F)F)c3)C2=O)ccc1OCc1ccc(C(=O)O)cc1. The van der Waals surface area contributed by atoms with E-state index in [1.54, 1.807) is 30.3 Å². The first-order valence-electron chi connectivity index (χ1n) is 11.8. The highest BCUT2D eigenvalue weighted by Gasteiger charge is 2.36. The van der Waals surface area contributed by atoms with E-state index in [1.807, 2.05) is 0 Å². The number of imide groups is 1. The van der Waals surface area contributed by atoms with Crippen molar-refractivity contribution in [2.75, 3.05) is 19.0 Å². The van der Waals surface area contributed by atoms with Gasteiger partial charge in [-0.25, -0.2) is 4.79 Å². The van der Waals surface area contributed by atoms with Crippen molar-refractivity contribution in [2.24, 2.45) is 0 Å². The lowest BCUT2D eigenvalue weighted by Gasteiger charge is -2.13. The summed E-state index contributed by atoms with van der Waals surface area (Å²) in [5.74, 6) is -1.89. The van der Waals surface area contributed by atoms with Crippen LogP contribution in [0.5, 0.6) is 11.5 Å². The first kappa shape index (κ1) is 29.2. The Balaban J connectivity index is 1.41. The number of aromatic carboxylic acids is 1. The molecule has 0 bridgehead atoms. The van der Waals surface area contributed by atoms with Crippen LogP contribution in [-0.4, -0.2) is 46.7 Å². The first-order chi connectivity index (χ1) is 19.4. The van der Waals surface area contributed by atoms with Crippen LogP contribution in [0.15, 0.2) is 71.6 Å². The first-order valence-corrected chi connectivity index (χ1v) is 12.6. The predicted octanol–water partition coefficient (Wildman–Crippen LogP) is 5.67. The molecule has 0 atom stereocenters. The molecule has 3 aromatic carbocycles. The Morgan fingerprint density at radius 3 is 2.41 bits per heavy atom. The Labute approximate surface area is 235 Å². The largest absolute Gasteiger partial charge is 0.493 e. The van der Waals surface area contributed by atoms with Gasteiger partial charge in [0.05, 0.1) is 23.1 Å². The number of carbonyl (C=O) groups is 4. The van der Waals surface area contributed by atoms with Gasteiger partial charge in [0.1, 0.15) is 13.2 Å². The van der Waals surface area contributed by atoms with Crippen LogP contribution in [0.1, 0.15) is 27.0 Å². The van der Waals surface area contributed by atoms with Gasteiger partial charge in [0.15, 0.2) is 11.5 Å². The number of methoxy groups -OCH3 is 1. The van der Waals surface area contributed by atoms with Gasteiger partial charge in [-0.1, -0.05) is 24.3 Å². The van der Waals surface area contributed by atoms with Crippen LogP contribution < -0.4 is 14.8 Å². The third kappa shape index (κ3) is 7.25. The lowest BCUT2D eigenvalue weighted by atomic mass is 10.1. The summed E-state index contributed by atoms with van der Waals surface area (Å²) in [4.78, 5) is 49.4. The molecule has 0 unspecified atom stereocenters. The van der Waals surface area contributed by atoms with E-state index in [-0.39, 0.29) is 22.8 Å². The summed E-state index contributed by atoms with van der Waals surface area (Å²) < 4.78 is 49.9. The molecular weight excluding hydrogens is 565 g/mol. The molecule has 0 aliphatic carbocycles. The summed E-state index contributed by atoms with van der Waals surface area (Å²) in [6.45, 7) is -0.543. The summed E-state index contributed by atoms with van der Waals surface area (Å²) in [5.41, 5.74) is 0.298. The third-order valence-electron chi connectivity index (χ3n) is 5.73. The molecule has 41 heavy (non-hydrogen) atoms. The van der Waals surface area contributed by atoms with Gasteiger partial charge in [-0.3, -0.25) is 19.3 Å². The lowest BCUT2D eigenvalue weighted by molar-refractivity contribution is -0.137. The smallest absolute Gasteiger partial charge is 0.416 e. The fourth-order valence-corrected chi connectivity index (χ4v) is 4.54. The number of carbonyl (C=O) groups excluding carboxylic acids is 3. The molecule has 9 nitrogen and oxygen atoms in total. The number of hydrogen-bond acceptors (Lipinski definition) is 7. The van der Waals surface area contributed by atoms with Gasteiger partial charge in [0, 0.05) is 5.69 Å². The van der Waals surface area contributed by atoms with E-state index >= 15 is 0 Å². The van der Waals surface area contributed by atoms with Crippen molar-refractivity contribution in [1.29, 1.82) is 0 Å². The van der Waals surface area contributed by atoms with Crippen LogP contribution in [0.4, 0.5) is 23.7 Å². The van der Waals surface area contributed by atoms with Crippen LogP contribution in [-0.2, 0) is 22.4 Å². The Bertz CT molecular complexity index is 1540. The zero-order valence-corrected chi connectivity index (χ0v) is 22.0. The van der Waals surface area contributed by atoms with Gasteiger partial charge >= 0.3 is 12.1 Å². The van der Waals surface area contributed by atoms with Gasteiger partial charge in [-0.2, -0.15) is 13.2 Å². The third-order valence-corrected chi connectivity index (χ3v) is 6.64. The number of rotatable bonds is 9. The molecule has 0 spiro atoms. The number of carboxylic acids is 1. The van der Waals surface area contributed by atoms with E-state index in [9.17, 15) is 32.3 Å². The van der Waals surface area contributed by atoms with Crippen molar-refractivity contribution in [3.8, 4) is 11.5 Å². The maximum absolute atomic E-state index is 12.9. The molecule has 1 saturated heterocycles. The van der Waals surface area contributed by atoms with Crippen LogP contribution in [0, 0.1) is 0 Å². The number of nitrogens with one attached hydrogen (secondary N) is 1. The number of benzene rings is 3. The summed E-state index contributed by atoms with van der Waals surface area (Å²) in [6, 6.07) is 15.0. The molecule has 2 N–H and O–H groups in total. The number of nitrogens with zero attached hydrogens (tertiary/aromatic N) is 1. The second-order valence-electron chi connectivity index (χ2n) is 8.60. The van der Waals surface area contributed by atoms with Crippen molar-refractivity contribution >= 4 is 46.5 Å². The summed E-state index contributed by atoms with van der Waals surface area (Å²) >= 11 is 0.615.